The molecule has 27 heavy (non-hydrogen) atoms. The molecule has 0 aliphatic heterocycles. The van der Waals surface area contributed by atoms with Crippen molar-refractivity contribution in [2.24, 2.45) is 0 Å². The summed E-state index contributed by atoms with van der Waals surface area (Å²) in [6.45, 7) is 3.00. The smallest absolute Gasteiger partial charge is 0.347 e. The monoisotopic (exact) mass is 366 g/mol. The van der Waals surface area contributed by atoms with Gasteiger partial charge in [-0.25, -0.2) is 4.79 Å². The molecule has 0 saturated carbocycles. The number of carboxylic acids is 1. The summed E-state index contributed by atoms with van der Waals surface area (Å²) < 4.78 is 5.47. The van der Waals surface area contributed by atoms with Gasteiger partial charge >= 0.3 is 5.97 Å². The number of aromatic nitrogens is 1. The molecule has 1 aromatic heterocycles. The molecule has 0 spiro atoms. The molecule has 0 atom stereocenters. The number of benzene rings is 2. The average Bonchev–Trinajstić information content (AvgIpc) is 3.10. The lowest BCUT2D eigenvalue weighted by atomic mass is 10.1. The van der Waals surface area contributed by atoms with Crippen LogP contribution in [0.3, 0.4) is 0 Å². The molecule has 0 unspecified atom stereocenters. The lowest BCUT2D eigenvalue weighted by Crippen LogP contribution is -2.37. The summed E-state index contributed by atoms with van der Waals surface area (Å²) in [5.74, 6) is -0.612. The Kier molecular flexibility index (Phi) is 5.16. The molecule has 3 rings (SSSR count). The van der Waals surface area contributed by atoms with Crippen LogP contribution in [0.25, 0.3) is 10.9 Å². The number of hydrogen-bond acceptors (Lipinski definition) is 3. The van der Waals surface area contributed by atoms with Crippen molar-refractivity contribution in [3.05, 3.63) is 60.3 Å². The van der Waals surface area contributed by atoms with E-state index in [0.29, 0.717) is 18.6 Å². The molecule has 1 amide bonds. The maximum Gasteiger partial charge on any atom is 0.347 e. The first kappa shape index (κ1) is 18.5. The topological polar surface area (TPSA) is 91.4 Å². The van der Waals surface area contributed by atoms with Crippen molar-refractivity contribution in [1.82, 2.24) is 4.98 Å². The highest BCUT2D eigenvalue weighted by atomic mass is 16.5. The number of carboxylic acid groups (broad SMARTS) is 1. The van der Waals surface area contributed by atoms with Crippen molar-refractivity contribution in [3.63, 3.8) is 0 Å². The Balaban J connectivity index is 1.56. The second-order valence-corrected chi connectivity index (χ2v) is 6.86. The van der Waals surface area contributed by atoms with Crippen molar-refractivity contribution >= 4 is 28.5 Å². The molecule has 6 nitrogen and oxygen atoms in total. The largest absolute Gasteiger partial charge is 0.478 e. The fourth-order valence-corrected chi connectivity index (χ4v) is 2.72. The number of hydrogen-bond donors (Lipinski definition) is 3. The molecule has 0 fully saturated rings. The lowest BCUT2D eigenvalue weighted by Gasteiger charge is -2.21. The predicted molar refractivity (Wildman–Crippen MR) is 104 cm³/mol. The number of aromatic amines is 1. The predicted octanol–water partition coefficient (Wildman–Crippen LogP) is 3.98. The van der Waals surface area contributed by atoms with Gasteiger partial charge in [-0.15, -0.1) is 0 Å². The minimum Gasteiger partial charge on any atom is -0.478 e. The summed E-state index contributed by atoms with van der Waals surface area (Å²) in [5.41, 5.74) is 1.36. The number of anilines is 1. The molecule has 2 aromatic carbocycles. The van der Waals surface area contributed by atoms with Gasteiger partial charge in [0.2, 0.25) is 5.91 Å². The Hall–Kier alpha value is -3.28. The van der Waals surface area contributed by atoms with E-state index in [0.717, 1.165) is 22.2 Å². The van der Waals surface area contributed by atoms with Gasteiger partial charge in [0.1, 0.15) is 5.75 Å². The van der Waals surface area contributed by atoms with Gasteiger partial charge in [-0.2, -0.15) is 0 Å². The third-order valence-electron chi connectivity index (χ3n) is 4.31. The fraction of sp³-hybridized carbons (Fsp3) is 0.238. The van der Waals surface area contributed by atoms with Crippen LogP contribution in [-0.4, -0.2) is 27.6 Å². The zero-order valence-corrected chi connectivity index (χ0v) is 15.3. The van der Waals surface area contributed by atoms with Crippen LogP contribution in [0.15, 0.2) is 54.7 Å². The number of carbonyl (C=O) groups is 2. The van der Waals surface area contributed by atoms with Gasteiger partial charge in [-0.3, -0.25) is 4.79 Å². The number of ether oxygens (including phenoxy) is 1. The van der Waals surface area contributed by atoms with Crippen molar-refractivity contribution in [2.45, 2.75) is 32.3 Å². The Morgan fingerprint density at radius 1 is 1.11 bits per heavy atom. The molecule has 0 bridgehead atoms. The highest BCUT2D eigenvalue weighted by molar-refractivity contribution is 6.00. The van der Waals surface area contributed by atoms with Crippen molar-refractivity contribution in [2.75, 3.05) is 5.32 Å². The SMILES string of the molecule is CC(C)(Oc1ccc(CCC(=O)Nc2cccc3cc[nH]c23)cc1)C(=O)O. The number of aliphatic carboxylic acids is 1. The second kappa shape index (κ2) is 7.53. The number of rotatable bonds is 7. The number of carbonyl (C=O) groups excluding carboxylic acids is 1. The van der Waals surface area contributed by atoms with Gasteiger partial charge in [0.05, 0.1) is 11.2 Å². The number of aryl methyl sites for hydroxylation is 1. The lowest BCUT2D eigenvalue weighted by molar-refractivity contribution is -0.152. The van der Waals surface area contributed by atoms with Crippen LogP contribution in [0.1, 0.15) is 25.8 Å². The summed E-state index contributed by atoms with van der Waals surface area (Å²) in [4.78, 5) is 26.5. The van der Waals surface area contributed by atoms with E-state index in [1.165, 1.54) is 13.8 Å². The quantitative estimate of drug-likeness (QED) is 0.590. The zero-order valence-electron chi connectivity index (χ0n) is 15.3. The van der Waals surface area contributed by atoms with E-state index < -0.39 is 11.6 Å². The highest BCUT2D eigenvalue weighted by Gasteiger charge is 2.29. The van der Waals surface area contributed by atoms with Crippen LogP contribution in [0.4, 0.5) is 5.69 Å². The molecular formula is C21H22N2O4. The summed E-state index contributed by atoms with van der Waals surface area (Å²) >= 11 is 0. The first-order valence-corrected chi connectivity index (χ1v) is 8.72. The zero-order chi connectivity index (χ0) is 19.4. The molecule has 3 N–H and O–H groups in total. The molecule has 140 valence electrons. The molecule has 1 heterocycles. The third kappa shape index (κ3) is 4.47. The van der Waals surface area contributed by atoms with Gasteiger partial charge in [0.15, 0.2) is 5.60 Å². The van der Waals surface area contributed by atoms with Crippen molar-refractivity contribution in [1.29, 1.82) is 0 Å². The molecule has 6 heteroatoms. The first-order chi connectivity index (χ1) is 12.8. The molecule has 3 aromatic rings. The fourth-order valence-electron chi connectivity index (χ4n) is 2.72. The third-order valence-corrected chi connectivity index (χ3v) is 4.31. The van der Waals surface area contributed by atoms with E-state index in [1.54, 1.807) is 12.1 Å². The van der Waals surface area contributed by atoms with E-state index in [4.69, 9.17) is 9.84 Å². The molecule has 0 radical (unpaired) electrons. The molecule has 0 aliphatic carbocycles. The summed E-state index contributed by atoms with van der Waals surface area (Å²) in [5, 5.41) is 13.1. The Labute approximate surface area is 157 Å². The summed E-state index contributed by atoms with van der Waals surface area (Å²) in [7, 11) is 0. The van der Waals surface area contributed by atoms with Crippen LogP contribution in [0.5, 0.6) is 5.75 Å². The van der Waals surface area contributed by atoms with E-state index >= 15 is 0 Å². The molecular weight excluding hydrogens is 344 g/mol. The van der Waals surface area contributed by atoms with Crippen LogP contribution in [0, 0.1) is 0 Å². The molecule has 0 aliphatic rings. The average molecular weight is 366 g/mol. The van der Waals surface area contributed by atoms with Gasteiger partial charge in [-0.05, 0) is 50.1 Å². The minimum absolute atomic E-state index is 0.0653. The van der Waals surface area contributed by atoms with Gasteiger partial charge in [0, 0.05) is 18.0 Å². The van der Waals surface area contributed by atoms with E-state index in [9.17, 15) is 9.59 Å². The number of nitrogens with one attached hydrogen (secondary N) is 2. The van der Waals surface area contributed by atoms with E-state index in [-0.39, 0.29) is 5.91 Å². The Bertz CT molecular complexity index is 958. The Morgan fingerprint density at radius 2 is 1.85 bits per heavy atom. The number of para-hydroxylation sites is 1. The number of amides is 1. The van der Waals surface area contributed by atoms with Gasteiger partial charge in [0.25, 0.3) is 0 Å². The normalized spacial score (nSPS) is 11.3. The van der Waals surface area contributed by atoms with E-state index in [2.05, 4.69) is 10.3 Å². The van der Waals surface area contributed by atoms with Crippen LogP contribution < -0.4 is 10.1 Å². The summed E-state index contributed by atoms with van der Waals surface area (Å²) in [6, 6.07) is 14.8. The standard InChI is InChI=1S/C21H22N2O4/c1-21(2,20(25)26)27-16-9-6-14(7-10-16)8-11-18(24)23-17-5-3-4-15-12-13-22-19(15)17/h3-7,9-10,12-13,22H,8,11H2,1-2H3,(H,23,24)(H,25,26). The van der Waals surface area contributed by atoms with E-state index in [1.807, 2.05) is 42.6 Å². The van der Waals surface area contributed by atoms with Crippen molar-refractivity contribution in [3.8, 4) is 5.75 Å². The summed E-state index contributed by atoms with van der Waals surface area (Å²) in [6.07, 6.45) is 2.77. The van der Waals surface area contributed by atoms with Gasteiger partial charge in [-0.1, -0.05) is 24.3 Å². The first-order valence-electron chi connectivity index (χ1n) is 8.72. The second-order valence-electron chi connectivity index (χ2n) is 6.86. The highest BCUT2D eigenvalue weighted by Crippen LogP contribution is 2.22. The molecule has 0 saturated heterocycles. The maximum atomic E-state index is 12.3. The number of fused-ring (bicyclic) bond motifs is 1. The van der Waals surface area contributed by atoms with Gasteiger partial charge < -0.3 is 20.1 Å². The Morgan fingerprint density at radius 3 is 2.56 bits per heavy atom. The van der Waals surface area contributed by atoms with Crippen molar-refractivity contribution < 1.29 is 19.4 Å². The maximum absolute atomic E-state index is 12.3. The van der Waals surface area contributed by atoms with Crippen LogP contribution in [-0.2, 0) is 16.0 Å². The van der Waals surface area contributed by atoms with Crippen LogP contribution in [0.2, 0.25) is 0 Å². The minimum atomic E-state index is -1.29. The number of H-pyrrole nitrogens is 1. The van der Waals surface area contributed by atoms with Crippen LogP contribution >= 0.6 is 0 Å².